The smallest absolute Gasteiger partial charge is 0.235 e. The first-order chi connectivity index (χ1) is 27.8. The molecule has 9 aromatic carbocycles. The van der Waals surface area contributed by atoms with Gasteiger partial charge in [-0.2, -0.15) is 0 Å². The summed E-state index contributed by atoms with van der Waals surface area (Å²) in [5, 5.41) is 10.5. The lowest BCUT2D eigenvalue weighted by Crippen LogP contribution is -2.04. The first-order valence-electron chi connectivity index (χ1n) is 19.1. The molecule has 4 nitrogen and oxygen atoms in total. The summed E-state index contributed by atoms with van der Waals surface area (Å²) in [6.07, 6.45) is 0. The molecule has 12 rings (SSSR count). The number of hydrogen-bond acceptors (Lipinski definition) is 2. The fraction of sp³-hybridized carbons (Fsp3) is 0. The maximum Gasteiger partial charge on any atom is 0.235 e. The van der Waals surface area contributed by atoms with Crippen molar-refractivity contribution in [3.8, 4) is 34.0 Å². The largest absolute Gasteiger partial charge is 0.309 e. The van der Waals surface area contributed by atoms with Gasteiger partial charge in [0.1, 0.15) is 0 Å². The number of para-hydroxylation sites is 3. The molecule has 260 valence electrons. The van der Waals surface area contributed by atoms with Crippen LogP contribution in [-0.2, 0) is 0 Å². The molecule has 0 bridgehead atoms. The van der Waals surface area contributed by atoms with Crippen molar-refractivity contribution in [1.29, 1.82) is 0 Å². The van der Waals surface area contributed by atoms with E-state index in [0.717, 1.165) is 49.7 Å². The first kappa shape index (κ1) is 30.9. The lowest BCUT2D eigenvalue weighted by Gasteiger charge is -2.15. The summed E-state index contributed by atoms with van der Waals surface area (Å²) < 4.78 is 4.66. The summed E-state index contributed by atoms with van der Waals surface area (Å²) in [4.78, 5) is 11.0. The van der Waals surface area contributed by atoms with Gasteiger partial charge in [-0.25, -0.2) is 9.97 Å². The average Bonchev–Trinajstić information content (AvgIpc) is 3.79. The highest BCUT2D eigenvalue weighted by Gasteiger charge is 2.23. The number of rotatable bonds is 4. The van der Waals surface area contributed by atoms with Gasteiger partial charge in [0, 0.05) is 38.2 Å². The summed E-state index contributed by atoms with van der Waals surface area (Å²) in [6.45, 7) is 0. The Morgan fingerprint density at radius 1 is 0.304 bits per heavy atom. The Kier molecular flexibility index (Phi) is 6.60. The Labute approximate surface area is 322 Å². The second-order valence-corrected chi connectivity index (χ2v) is 14.5. The van der Waals surface area contributed by atoms with Crippen molar-refractivity contribution in [3.63, 3.8) is 0 Å². The van der Waals surface area contributed by atoms with Crippen molar-refractivity contribution < 1.29 is 0 Å². The summed E-state index contributed by atoms with van der Waals surface area (Å²) in [5.41, 5.74) is 11.0. The zero-order valence-electron chi connectivity index (χ0n) is 30.3. The van der Waals surface area contributed by atoms with Crippen LogP contribution in [0.1, 0.15) is 0 Å². The molecule has 12 aromatic rings. The Hall–Kier alpha value is -7.56. The van der Waals surface area contributed by atoms with Gasteiger partial charge in [-0.1, -0.05) is 152 Å². The van der Waals surface area contributed by atoms with Crippen LogP contribution in [0.3, 0.4) is 0 Å². The van der Waals surface area contributed by atoms with E-state index >= 15 is 0 Å². The van der Waals surface area contributed by atoms with Crippen LogP contribution < -0.4 is 0 Å². The van der Waals surface area contributed by atoms with Crippen molar-refractivity contribution in [1.82, 2.24) is 19.1 Å². The molecule has 0 saturated heterocycles. The maximum absolute atomic E-state index is 5.59. The molecular formula is C52H32N4. The molecular weight excluding hydrogens is 681 g/mol. The van der Waals surface area contributed by atoms with E-state index in [1.807, 2.05) is 0 Å². The zero-order chi connectivity index (χ0) is 36.7. The molecule has 0 unspecified atom stereocenters. The van der Waals surface area contributed by atoms with Crippen molar-refractivity contribution in [3.05, 3.63) is 194 Å². The van der Waals surface area contributed by atoms with Crippen LogP contribution in [0.25, 0.3) is 110 Å². The second kappa shape index (κ2) is 12.0. The number of nitrogens with zero attached hydrogens (tertiary/aromatic N) is 4. The topological polar surface area (TPSA) is 35.6 Å². The molecule has 0 radical (unpaired) electrons. The fourth-order valence-corrected chi connectivity index (χ4v) is 9.18. The zero-order valence-corrected chi connectivity index (χ0v) is 30.3. The van der Waals surface area contributed by atoms with Crippen LogP contribution in [-0.4, -0.2) is 19.1 Å². The average molecular weight is 713 g/mol. The van der Waals surface area contributed by atoms with E-state index < -0.39 is 0 Å². The SMILES string of the molecule is c1ccc(-n2c3ccccc3c3c(-c4cccc5c4c4ccccc4n5-c4nc(-c5cccc6ccccc56)c5c(ccc6ccccc65)n4)cccc32)cc1. The molecule has 0 spiro atoms. The quantitative estimate of drug-likeness (QED) is 0.170. The molecule has 0 amide bonds. The normalized spacial score (nSPS) is 11.9. The van der Waals surface area contributed by atoms with Crippen LogP contribution in [0.2, 0.25) is 0 Å². The highest BCUT2D eigenvalue weighted by molar-refractivity contribution is 6.22. The van der Waals surface area contributed by atoms with Gasteiger partial charge in [0.05, 0.1) is 33.3 Å². The van der Waals surface area contributed by atoms with Gasteiger partial charge in [-0.3, -0.25) is 4.57 Å². The van der Waals surface area contributed by atoms with Crippen molar-refractivity contribution in [2.24, 2.45) is 0 Å². The van der Waals surface area contributed by atoms with E-state index in [2.05, 4.69) is 203 Å². The molecule has 3 aromatic heterocycles. The van der Waals surface area contributed by atoms with Crippen LogP contribution in [0.4, 0.5) is 0 Å². The van der Waals surface area contributed by atoms with Gasteiger partial charge in [0.15, 0.2) is 0 Å². The Balaban J connectivity index is 1.18. The molecule has 0 aliphatic carbocycles. The molecule has 56 heavy (non-hydrogen) atoms. The number of benzene rings is 9. The molecule has 0 saturated carbocycles. The van der Waals surface area contributed by atoms with Crippen LogP contribution in [0, 0.1) is 0 Å². The van der Waals surface area contributed by atoms with Crippen LogP contribution in [0.5, 0.6) is 0 Å². The summed E-state index contributed by atoms with van der Waals surface area (Å²) in [6, 6.07) is 69.5. The molecule has 0 fully saturated rings. The minimum atomic E-state index is 0.651. The number of hydrogen-bond donors (Lipinski definition) is 0. The van der Waals surface area contributed by atoms with Crippen LogP contribution >= 0.6 is 0 Å². The molecule has 0 aliphatic heterocycles. The highest BCUT2D eigenvalue weighted by atomic mass is 15.2. The van der Waals surface area contributed by atoms with Gasteiger partial charge in [0.2, 0.25) is 5.95 Å². The minimum Gasteiger partial charge on any atom is -0.309 e. The third-order valence-electron chi connectivity index (χ3n) is 11.5. The molecule has 4 heteroatoms. The van der Waals surface area contributed by atoms with Crippen molar-refractivity contribution in [2.45, 2.75) is 0 Å². The third-order valence-corrected chi connectivity index (χ3v) is 11.5. The molecule has 0 aliphatic rings. The second-order valence-electron chi connectivity index (χ2n) is 14.5. The predicted octanol–water partition coefficient (Wildman–Crippen LogP) is 13.5. The number of aromatic nitrogens is 4. The molecule has 3 heterocycles. The van der Waals surface area contributed by atoms with E-state index in [1.54, 1.807) is 0 Å². The third kappa shape index (κ3) is 4.41. The van der Waals surface area contributed by atoms with E-state index in [4.69, 9.17) is 9.97 Å². The van der Waals surface area contributed by atoms with Crippen LogP contribution in [0.15, 0.2) is 194 Å². The molecule has 0 atom stereocenters. The van der Waals surface area contributed by atoms with Gasteiger partial charge in [-0.15, -0.1) is 0 Å². The number of fused-ring (bicyclic) bond motifs is 10. The van der Waals surface area contributed by atoms with Gasteiger partial charge >= 0.3 is 0 Å². The summed E-state index contributed by atoms with van der Waals surface area (Å²) >= 11 is 0. The Morgan fingerprint density at radius 2 is 0.804 bits per heavy atom. The minimum absolute atomic E-state index is 0.651. The Morgan fingerprint density at radius 3 is 1.52 bits per heavy atom. The van der Waals surface area contributed by atoms with E-state index in [1.165, 1.54) is 54.5 Å². The maximum atomic E-state index is 5.59. The van der Waals surface area contributed by atoms with E-state index in [9.17, 15) is 0 Å². The van der Waals surface area contributed by atoms with Crippen molar-refractivity contribution >= 4 is 76.1 Å². The monoisotopic (exact) mass is 712 g/mol. The van der Waals surface area contributed by atoms with Gasteiger partial charge in [-0.05, 0) is 75.1 Å². The standard InChI is InChI=1S/C52H32N4/c1-2-18-35(19-3-1)55-44-27-10-8-22-41(44)48-38(24-13-29-46(48)55)39-25-14-30-47-49(39)42-23-9-11-28-45(42)56(47)52-53-43-32-31-34-16-5-7-21-37(34)50(43)51(54-52)40-26-12-17-33-15-4-6-20-36(33)40/h1-32H. The lowest BCUT2D eigenvalue weighted by molar-refractivity contribution is 1.01. The van der Waals surface area contributed by atoms with E-state index in [0.29, 0.717) is 5.95 Å². The predicted molar refractivity (Wildman–Crippen MR) is 234 cm³/mol. The fourth-order valence-electron chi connectivity index (χ4n) is 9.18. The van der Waals surface area contributed by atoms with E-state index in [-0.39, 0.29) is 0 Å². The molecule has 0 N–H and O–H groups in total. The van der Waals surface area contributed by atoms with Gasteiger partial charge < -0.3 is 4.57 Å². The lowest BCUT2D eigenvalue weighted by atomic mass is 9.95. The highest BCUT2D eigenvalue weighted by Crippen LogP contribution is 2.44. The van der Waals surface area contributed by atoms with Gasteiger partial charge in [0.25, 0.3) is 0 Å². The summed E-state index contributed by atoms with van der Waals surface area (Å²) in [7, 11) is 0. The van der Waals surface area contributed by atoms with Crippen molar-refractivity contribution in [2.75, 3.05) is 0 Å². The summed E-state index contributed by atoms with van der Waals surface area (Å²) in [5.74, 6) is 0.651. The first-order valence-corrected chi connectivity index (χ1v) is 19.1. The Bertz CT molecular complexity index is 3530.